The summed E-state index contributed by atoms with van der Waals surface area (Å²) in [5.41, 5.74) is 25.1. The maximum absolute atomic E-state index is 15.2. The minimum Gasteiger partial charge on any atom is -0.508 e. The SMILES string of the molecule is CC[C@H](C)[C@H](NC(=O)[C@H](Cc1c[nH]c2ccccc12)NC(=O)[C@H](Cc1ccc(O)cc1)NC(=O)[C@@H](NC(=O)[C@H](CC(=O)O)NC(=O)[C@H](CC(N)=O)NC(=O)[C@H](Cc1ccccc1)NC(=O)[C@@H](NC(=O)[C@@H]1CCCN1C(=O)[C@@H]1CCCN1C(=O)[C@@H](NC(=O)[C@H](CC(N)=O)NC(=O)[C@@H](N)CCCNC(=N)N)C(C)C)[C@@H](C)CC)C(C)C)C(=O)N[C@@H](C)C(=O)N[C@@H](Cc1ccccc1)C(=O)O. The first kappa shape index (κ1) is 106. The molecule has 3 heterocycles. The van der Waals surface area contributed by atoms with Gasteiger partial charge in [0, 0.05) is 62.4 Å². The van der Waals surface area contributed by atoms with Crippen LogP contribution in [0.25, 0.3) is 10.9 Å². The van der Waals surface area contributed by atoms with Crippen molar-refractivity contribution in [2.24, 2.45) is 46.6 Å². The number of nitrogens with one attached hydrogen (secondary N) is 15. The topological polar surface area (TPSA) is 675 Å². The largest absolute Gasteiger partial charge is 0.508 e. The molecule has 4 aromatic carbocycles. The number of likely N-dealkylation sites (tertiary alicyclic amines) is 2. The normalized spacial score (nSPS) is 16.9. The molecule has 42 nitrogen and oxygen atoms in total. The van der Waals surface area contributed by atoms with Gasteiger partial charge in [0.15, 0.2) is 5.96 Å². The van der Waals surface area contributed by atoms with Crippen molar-refractivity contribution in [3.8, 4) is 5.75 Å². The molecule has 2 saturated heterocycles. The maximum Gasteiger partial charge on any atom is 0.326 e. The van der Waals surface area contributed by atoms with Gasteiger partial charge in [0.25, 0.3) is 0 Å². The minimum atomic E-state index is -2.12. The molecule has 2 aliphatic heterocycles. The van der Waals surface area contributed by atoms with Crippen molar-refractivity contribution in [2.45, 2.75) is 249 Å². The van der Waals surface area contributed by atoms with E-state index in [0.717, 1.165) is 0 Å². The lowest BCUT2D eigenvalue weighted by molar-refractivity contribution is -0.149. The molecule has 42 heteroatoms. The maximum atomic E-state index is 15.2. The highest BCUT2D eigenvalue weighted by Crippen LogP contribution is 2.29. The molecule has 0 saturated carbocycles. The first-order chi connectivity index (χ1) is 63.0. The number of phenols is 1. The Bertz CT molecular complexity index is 4960. The van der Waals surface area contributed by atoms with E-state index in [9.17, 15) is 92.0 Å². The summed E-state index contributed by atoms with van der Waals surface area (Å²) in [7, 11) is 0. The second-order valence-electron chi connectivity index (χ2n) is 34.4. The number of hydrogen-bond donors (Lipinski definition) is 22. The number of fused-ring (bicyclic) bond motifs is 1. The van der Waals surface area contributed by atoms with Gasteiger partial charge in [0.1, 0.15) is 90.3 Å². The molecule has 0 spiro atoms. The predicted octanol–water partition coefficient (Wildman–Crippen LogP) is -1.73. The molecule has 26 N–H and O–H groups in total. The van der Waals surface area contributed by atoms with Crippen LogP contribution < -0.4 is 92.1 Å². The van der Waals surface area contributed by atoms with E-state index < -0.39 is 240 Å². The monoisotopic (exact) mass is 1850 g/mol. The van der Waals surface area contributed by atoms with E-state index in [-0.39, 0.29) is 82.7 Å². The summed E-state index contributed by atoms with van der Waals surface area (Å²) in [5.74, 6) is -21.7. The van der Waals surface area contributed by atoms with Gasteiger partial charge in [-0.2, -0.15) is 0 Å². The van der Waals surface area contributed by atoms with Crippen molar-refractivity contribution in [1.82, 2.24) is 83.9 Å². The van der Waals surface area contributed by atoms with Crippen LogP contribution in [0, 0.1) is 29.1 Å². The summed E-state index contributed by atoms with van der Waals surface area (Å²) in [6.45, 7) is 14.6. The minimum absolute atomic E-state index is 0.0491. The lowest BCUT2D eigenvalue weighted by atomic mass is 9.96. The average Bonchev–Trinajstić information content (AvgIpc) is 1.66. The number of carbonyl (C=O) groups is 18. The first-order valence-electron chi connectivity index (χ1n) is 44.5. The Labute approximate surface area is 769 Å². The van der Waals surface area contributed by atoms with Crippen LogP contribution in [0.5, 0.6) is 5.75 Å². The number of aromatic nitrogens is 1. The lowest BCUT2D eigenvalue weighted by Crippen LogP contribution is -2.62. The Morgan fingerprint density at radius 1 is 0.444 bits per heavy atom. The first-order valence-corrected chi connectivity index (χ1v) is 44.5. The van der Waals surface area contributed by atoms with Gasteiger partial charge in [0.2, 0.25) is 94.5 Å². The third-order valence-electron chi connectivity index (χ3n) is 23.5. The third kappa shape index (κ3) is 31.9. The number of para-hydroxylation sites is 1. The molecule has 1 aromatic heterocycles. The molecule has 0 unspecified atom stereocenters. The summed E-state index contributed by atoms with van der Waals surface area (Å²) in [4.78, 5) is 259. The van der Waals surface area contributed by atoms with Crippen molar-refractivity contribution in [3.05, 3.63) is 138 Å². The van der Waals surface area contributed by atoms with Crippen LogP contribution >= 0.6 is 0 Å². The Balaban J connectivity index is 1.07. The molecule has 0 radical (unpaired) electrons. The number of hydrogen-bond acceptors (Lipinski definition) is 21. The van der Waals surface area contributed by atoms with Crippen LogP contribution in [-0.4, -0.2) is 253 Å². The summed E-state index contributed by atoms with van der Waals surface area (Å²) >= 11 is 0. The molecule has 0 aliphatic carbocycles. The Morgan fingerprint density at radius 2 is 0.857 bits per heavy atom. The van der Waals surface area contributed by atoms with E-state index in [4.69, 9.17) is 28.3 Å². The molecular weight excluding hydrogens is 1720 g/mol. The average molecular weight is 1850 g/mol. The number of guanidine groups is 1. The number of aromatic hydroxyl groups is 1. The molecule has 16 amide bonds. The molecule has 7 rings (SSSR count). The highest BCUT2D eigenvalue weighted by atomic mass is 16.4. The van der Waals surface area contributed by atoms with Crippen molar-refractivity contribution in [1.29, 1.82) is 5.41 Å². The molecule has 722 valence electrons. The van der Waals surface area contributed by atoms with Crippen LogP contribution in [0.1, 0.15) is 155 Å². The third-order valence-corrected chi connectivity index (χ3v) is 23.5. The van der Waals surface area contributed by atoms with Gasteiger partial charge in [0.05, 0.1) is 25.3 Å². The van der Waals surface area contributed by atoms with E-state index >= 15 is 9.59 Å². The van der Waals surface area contributed by atoms with Crippen molar-refractivity contribution >= 4 is 123 Å². The van der Waals surface area contributed by atoms with E-state index in [1.54, 1.807) is 133 Å². The number of carboxylic acid groups (broad SMARTS) is 2. The Hall–Kier alpha value is -14.1. The van der Waals surface area contributed by atoms with Crippen LogP contribution in [0.4, 0.5) is 0 Å². The number of H-pyrrole nitrogens is 1. The van der Waals surface area contributed by atoms with Crippen LogP contribution in [0.15, 0.2) is 115 Å². The van der Waals surface area contributed by atoms with E-state index in [1.165, 1.54) is 54.8 Å². The number of nitrogens with zero attached hydrogens (tertiary/aromatic N) is 2. The van der Waals surface area contributed by atoms with Gasteiger partial charge in [-0.05, 0) is 110 Å². The number of benzene rings is 4. The molecule has 133 heavy (non-hydrogen) atoms. The summed E-state index contributed by atoms with van der Waals surface area (Å²) in [6, 6.07) is 6.59. The van der Waals surface area contributed by atoms with Crippen molar-refractivity contribution < 1.29 is 102 Å². The molecule has 2 fully saturated rings. The second kappa shape index (κ2) is 50.9. The number of carboxylic acids is 2. The Kier molecular flexibility index (Phi) is 40.6. The van der Waals surface area contributed by atoms with E-state index in [0.29, 0.717) is 58.8 Å². The fourth-order valence-electron chi connectivity index (χ4n) is 15.5. The number of aliphatic carboxylic acids is 2. The predicted molar refractivity (Wildman–Crippen MR) is 486 cm³/mol. The molecule has 17 atom stereocenters. The zero-order valence-electron chi connectivity index (χ0n) is 76.1. The summed E-state index contributed by atoms with van der Waals surface area (Å²) in [5, 5.41) is 72.0. The highest BCUT2D eigenvalue weighted by molar-refractivity contribution is 6.03. The van der Waals surface area contributed by atoms with E-state index in [2.05, 4.69) is 74.1 Å². The smallest absolute Gasteiger partial charge is 0.326 e. The number of nitrogens with two attached hydrogens (primary N) is 4. The highest BCUT2D eigenvalue weighted by Gasteiger charge is 2.47. The van der Waals surface area contributed by atoms with Crippen LogP contribution in [0.2, 0.25) is 0 Å². The second-order valence-corrected chi connectivity index (χ2v) is 34.4. The number of carbonyl (C=O) groups excluding carboxylic acids is 16. The molecule has 2 aliphatic rings. The quantitative estimate of drug-likeness (QED) is 0.0117. The fourth-order valence-corrected chi connectivity index (χ4v) is 15.5. The van der Waals surface area contributed by atoms with Crippen LogP contribution in [0.3, 0.4) is 0 Å². The van der Waals surface area contributed by atoms with Crippen LogP contribution in [-0.2, 0) is 112 Å². The number of amides is 16. The van der Waals surface area contributed by atoms with Gasteiger partial charge in [-0.1, -0.05) is 159 Å². The van der Waals surface area contributed by atoms with Crippen molar-refractivity contribution in [2.75, 3.05) is 19.6 Å². The number of aromatic amines is 1. The van der Waals surface area contributed by atoms with Gasteiger partial charge >= 0.3 is 11.9 Å². The summed E-state index contributed by atoms with van der Waals surface area (Å²) in [6.07, 6.45) is -0.398. The van der Waals surface area contributed by atoms with Gasteiger partial charge < -0.3 is 122 Å². The van der Waals surface area contributed by atoms with Gasteiger partial charge in [-0.25, -0.2) is 4.79 Å². The standard InChI is InChI=1S/C91H127N21O21/c1-10-49(7)74(86(128)99-51(9)76(118)106-66(90(132)133)41-53-25-16-13-17-26-53)109-81(123)62(42-55-46-98-59-29-19-18-27-57(55)59)101-78(120)61(40-54-32-34-56(113)35-33-54)104-85(127)72(47(3)4)107-83(125)65(45-71(116)117)103-80(122)63(43-69(93)114)102-79(121)60(39-52-23-14-12-15-24-52)105-87(129)75(50(8)11-2)110-84(126)67-30-21-37-111(67)88(130)68-31-22-38-112(68)89(131)73(48(5)6)108-82(124)64(44-70(94)115)100-77(119)58(92)28-20-36-97-91(95)96/h12-19,23-27,29,32-35,46-51,58,60-68,72-75,98,113H,10-11,20-22,28,30-31,36-45,92H2,1-9H3,(H2,93,114)(H2,94,115)(H,99,128)(H,100,119)(H,101,120)(H,102,121)(H,103,122)(H,104,127)(H,105,129)(H,106,118)(H,107,125)(H,108,124)(H,109,123)(H,110,126)(H,116,117)(H,132,133)(H4,95,96,97)/t49-,50-,51-,58-,60-,61-,62-,63-,64-,65-,66-,67-,68-,72-,73-,74-,75-/m0/s1. The number of rotatable bonds is 51. The van der Waals surface area contributed by atoms with Gasteiger partial charge in [-0.3, -0.25) is 86.9 Å². The number of primary amides is 2. The molecular formula is C91H127N21O21. The van der Waals surface area contributed by atoms with Crippen molar-refractivity contribution in [3.63, 3.8) is 0 Å². The zero-order valence-corrected chi connectivity index (χ0v) is 76.1. The lowest BCUT2D eigenvalue weighted by Gasteiger charge is -2.35. The van der Waals surface area contributed by atoms with E-state index in [1.807, 2.05) is 0 Å². The Morgan fingerprint density at radius 3 is 1.38 bits per heavy atom. The molecule has 0 bridgehead atoms. The molecule has 5 aromatic rings. The van der Waals surface area contributed by atoms with Gasteiger partial charge in [-0.15, -0.1) is 0 Å². The number of phenolic OH excluding ortho intramolecular Hbond substituents is 1. The fraction of sp³-hybridized carbons (Fsp3) is 0.505. The summed E-state index contributed by atoms with van der Waals surface area (Å²) < 4.78 is 0. The zero-order chi connectivity index (χ0) is 98.2.